The molecule has 0 radical (unpaired) electrons. The number of halogens is 3. The van der Waals surface area contributed by atoms with Crippen molar-refractivity contribution >= 4 is 54.6 Å². The number of nitrogens with zero attached hydrogens (tertiary/aromatic N) is 4. The minimum Gasteiger partial charge on any atom is -0.333 e. The summed E-state index contributed by atoms with van der Waals surface area (Å²) < 4.78 is 42.8. The van der Waals surface area contributed by atoms with Crippen molar-refractivity contribution in [2.24, 2.45) is 0 Å². The number of carbonyl (C=O) groups excluding carboxylic acids is 1. The van der Waals surface area contributed by atoms with Crippen LogP contribution >= 0.6 is 38.9 Å². The van der Waals surface area contributed by atoms with Crippen LogP contribution in [0.1, 0.15) is 25.8 Å². The number of hydrogen-bond acceptors (Lipinski definition) is 7. The maximum absolute atomic E-state index is 16.4. The first-order chi connectivity index (χ1) is 17.7. The lowest BCUT2D eigenvalue weighted by Gasteiger charge is -2.35. The molecule has 1 saturated heterocycles. The highest BCUT2D eigenvalue weighted by molar-refractivity contribution is 9.10. The largest absolute Gasteiger partial charge is 0.333 e. The summed E-state index contributed by atoms with van der Waals surface area (Å²) in [7, 11) is -4.22. The third-order valence-electron chi connectivity index (χ3n) is 6.03. The van der Waals surface area contributed by atoms with Gasteiger partial charge in [-0.3, -0.25) is 4.79 Å². The van der Waals surface area contributed by atoms with Gasteiger partial charge in [0.1, 0.15) is 5.01 Å². The number of hydrogen-bond donors (Lipinski definition) is 0. The van der Waals surface area contributed by atoms with E-state index in [-0.39, 0.29) is 17.1 Å². The molecule has 1 amide bonds. The second-order valence-corrected chi connectivity index (χ2v) is 13.1. The lowest BCUT2D eigenvalue weighted by atomic mass is 10.0. The van der Waals surface area contributed by atoms with Crippen LogP contribution < -0.4 is 0 Å². The molecule has 4 aromatic rings. The molecule has 3 heterocycles. The molecule has 1 aliphatic rings. The number of alkyl halides is 1. The maximum atomic E-state index is 16.4. The number of benzene rings is 2. The fraction of sp³-hybridized carbons (Fsp3) is 0.200. The van der Waals surface area contributed by atoms with E-state index in [1.54, 1.807) is 30.6 Å². The molecule has 37 heavy (non-hydrogen) atoms. The molecular weight excluding hydrogens is 603 g/mol. The second-order valence-electron chi connectivity index (χ2n) is 8.44. The molecule has 5 rings (SSSR count). The first-order valence-corrected chi connectivity index (χ1v) is 14.8. The van der Waals surface area contributed by atoms with Crippen molar-refractivity contribution < 1.29 is 17.6 Å². The third-order valence-corrected chi connectivity index (χ3v) is 10.6. The summed E-state index contributed by atoms with van der Waals surface area (Å²) in [6, 6.07) is 13.9. The number of sulfone groups is 1. The van der Waals surface area contributed by atoms with Gasteiger partial charge in [-0.1, -0.05) is 35.9 Å². The summed E-state index contributed by atoms with van der Waals surface area (Å²) in [4.78, 5) is 27.7. The monoisotopic (exact) mass is 620 g/mol. The Labute approximate surface area is 230 Å². The summed E-state index contributed by atoms with van der Waals surface area (Å²) in [6.45, 7) is -0.771. The number of amides is 1. The highest BCUT2D eigenvalue weighted by Crippen LogP contribution is 2.40. The van der Waals surface area contributed by atoms with Crippen molar-refractivity contribution in [3.8, 4) is 11.4 Å². The van der Waals surface area contributed by atoms with Crippen LogP contribution in [-0.4, -0.2) is 53.0 Å². The minimum absolute atomic E-state index is 0.122. The van der Waals surface area contributed by atoms with Gasteiger partial charge >= 0.3 is 0 Å². The van der Waals surface area contributed by atoms with Crippen molar-refractivity contribution in [2.45, 2.75) is 11.4 Å². The molecule has 1 fully saturated rings. The van der Waals surface area contributed by atoms with E-state index in [9.17, 15) is 13.2 Å². The fourth-order valence-corrected chi connectivity index (χ4v) is 7.37. The molecule has 2 aromatic heterocycles. The molecule has 0 N–H and O–H groups in total. The van der Waals surface area contributed by atoms with Gasteiger partial charge in [-0.05, 0) is 45.8 Å². The van der Waals surface area contributed by atoms with E-state index in [1.165, 1.54) is 17.2 Å². The second kappa shape index (κ2) is 10.2. The van der Waals surface area contributed by atoms with E-state index >= 15 is 4.39 Å². The Balaban J connectivity index is 1.42. The van der Waals surface area contributed by atoms with Crippen molar-refractivity contribution in [3.05, 3.63) is 97.6 Å². The van der Waals surface area contributed by atoms with Crippen LogP contribution in [0.5, 0.6) is 0 Å². The molecular formula is C25H19BrClFN4O3S2. The van der Waals surface area contributed by atoms with Crippen LogP contribution in [0.25, 0.3) is 11.4 Å². The minimum atomic E-state index is -4.22. The highest BCUT2D eigenvalue weighted by Gasteiger charge is 2.53. The van der Waals surface area contributed by atoms with E-state index in [0.29, 0.717) is 26.6 Å². The molecule has 0 saturated carbocycles. The zero-order valence-electron chi connectivity index (χ0n) is 19.1. The Kier molecular flexibility index (Phi) is 7.14. The summed E-state index contributed by atoms with van der Waals surface area (Å²) >= 11 is 10.4. The summed E-state index contributed by atoms with van der Waals surface area (Å²) in [5, 5.41) is -2.68. The molecule has 0 bridgehead atoms. The summed E-state index contributed by atoms with van der Waals surface area (Å²) in [5.41, 5.74) is 1.96. The summed E-state index contributed by atoms with van der Waals surface area (Å²) in [6.07, 6.45) is 5.18. The van der Waals surface area contributed by atoms with Gasteiger partial charge in [-0.15, -0.1) is 11.3 Å². The summed E-state index contributed by atoms with van der Waals surface area (Å²) in [5.74, 6) is -0.454. The molecule has 12 heteroatoms. The standard InChI is InChI=1S/C25H19BrClFN4O3S2/c26-20-7-6-17(13-21(20)27)23(33)32-10-11-37(34,35)25(28,15-32)24-31-14-18(36-24)12-16-4-1-2-5-19(16)22-29-8-3-9-30-22/h1-9,13-14H,10-12,15H2/t25-/m0/s1. The molecule has 1 aliphatic heterocycles. The molecule has 190 valence electrons. The number of carbonyl (C=O) groups is 1. The maximum Gasteiger partial charge on any atom is 0.278 e. The molecule has 2 aromatic carbocycles. The van der Waals surface area contributed by atoms with Crippen LogP contribution in [0.4, 0.5) is 4.39 Å². The average Bonchev–Trinajstić information content (AvgIpc) is 3.37. The van der Waals surface area contributed by atoms with Gasteiger partial charge < -0.3 is 4.90 Å². The van der Waals surface area contributed by atoms with Crippen LogP contribution in [0, 0.1) is 0 Å². The van der Waals surface area contributed by atoms with Crippen molar-refractivity contribution in [1.82, 2.24) is 19.9 Å². The predicted molar refractivity (Wildman–Crippen MR) is 144 cm³/mol. The lowest BCUT2D eigenvalue weighted by molar-refractivity contribution is 0.0666. The Morgan fingerprint density at radius 3 is 2.65 bits per heavy atom. The van der Waals surface area contributed by atoms with Gasteiger partial charge in [-0.2, -0.15) is 0 Å². The molecule has 0 spiro atoms. The van der Waals surface area contributed by atoms with Gasteiger partial charge in [0.25, 0.3) is 10.9 Å². The van der Waals surface area contributed by atoms with Gasteiger partial charge in [0.2, 0.25) is 0 Å². The van der Waals surface area contributed by atoms with Crippen molar-refractivity contribution in [1.29, 1.82) is 0 Å². The van der Waals surface area contributed by atoms with Crippen LogP contribution in [-0.2, 0) is 21.3 Å². The number of thiazole rings is 1. The quantitative estimate of drug-likeness (QED) is 0.300. The van der Waals surface area contributed by atoms with Gasteiger partial charge in [0.15, 0.2) is 15.7 Å². The first kappa shape index (κ1) is 25.9. The van der Waals surface area contributed by atoms with Crippen LogP contribution in [0.2, 0.25) is 5.02 Å². The SMILES string of the molecule is O=C(c1ccc(Br)c(Cl)c1)N1CCS(=O)(=O)[C@](F)(c2ncc(Cc3ccccc3-c3ncccn3)s2)C1. The Morgan fingerprint density at radius 2 is 1.89 bits per heavy atom. The smallest absolute Gasteiger partial charge is 0.278 e. The van der Waals surface area contributed by atoms with E-state index < -0.39 is 33.0 Å². The fourth-order valence-electron chi connectivity index (χ4n) is 4.08. The van der Waals surface area contributed by atoms with Crippen LogP contribution in [0.15, 0.2) is 71.6 Å². The molecule has 7 nitrogen and oxygen atoms in total. The average molecular weight is 622 g/mol. The van der Waals surface area contributed by atoms with Gasteiger partial charge in [0.05, 0.1) is 17.3 Å². The zero-order chi connectivity index (χ0) is 26.2. The third kappa shape index (κ3) is 5.05. The first-order valence-electron chi connectivity index (χ1n) is 11.1. The number of rotatable bonds is 5. The predicted octanol–water partition coefficient (Wildman–Crippen LogP) is 5.30. The van der Waals surface area contributed by atoms with E-state index in [0.717, 1.165) is 22.5 Å². The highest BCUT2D eigenvalue weighted by atomic mass is 79.9. The topological polar surface area (TPSA) is 93.1 Å². The zero-order valence-corrected chi connectivity index (χ0v) is 23.1. The lowest BCUT2D eigenvalue weighted by Crippen LogP contribution is -2.53. The van der Waals surface area contributed by atoms with Crippen molar-refractivity contribution in [2.75, 3.05) is 18.8 Å². The number of aromatic nitrogens is 3. The molecule has 0 aliphatic carbocycles. The Morgan fingerprint density at radius 1 is 1.14 bits per heavy atom. The Bertz CT molecular complexity index is 1590. The van der Waals surface area contributed by atoms with Crippen LogP contribution in [0.3, 0.4) is 0 Å². The van der Waals surface area contributed by atoms with Gasteiger partial charge in [-0.25, -0.2) is 27.8 Å². The molecule has 1 atom stereocenters. The Hall–Kier alpha value is -2.73. The van der Waals surface area contributed by atoms with Gasteiger partial charge in [0, 0.05) is 52.0 Å². The molecule has 0 unspecified atom stereocenters. The van der Waals surface area contributed by atoms with E-state index in [1.807, 2.05) is 24.3 Å². The van der Waals surface area contributed by atoms with E-state index in [4.69, 9.17) is 11.6 Å². The van der Waals surface area contributed by atoms with Crippen molar-refractivity contribution in [3.63, 3.8) is 0 Å². The normalized spacial score (nSPS) is 19.1. The van der Waals surface area contributed by atoms with E-state index in [2.05, 4.69) is 30.9 Å².